The van der Waals surface area contributed by atoms with Crippen molar-refractivity contribution in [3.8, 4) is 0 Å². The molecule has 1 fully saturated rings. The van der Waals surface area contributed by atoms with E-state index in [1.807, 2.05) is 6.92 Å². The highest BCUT2D eigenvalue weighted by Crippen LogP contribution is 2.70. The first kappa shape index (κ1) is 15.0. The van der Waals surface area contributed by atoms with E-state index in [1.54, 1.807) is 0 Å². The van der Waals surface area contributed by atoms with Gasteiger partial charge in [0.25, 0.3) is 0 Å². The van der Waals surface area contributed by atoms with Crippen LogP contribution >= 0.6 is 0 Å². The van der Waals surface area contributed by atoms with E-state index in [9.17, 15) is 5.11 Å². The van der Waals surface area contributed by atoms with Crippen LogP contribution in [-0.4, -0.2) is 10.7 Å². The Kier molecular flexibility index (Phi) is 2.90. The van der Waals surface area contributed by atoms with Crippen LogP contribution < -0.4 is 0 Å². The van der Waals surface area contributed by atoms with Gasteiger partial charge in [-0.25, -0.2) is 0 Å². The quantitative estimate of drug-likeness (QED) is 0.661. The monoisotopic (exact) mass is 240 g/mol. The van der Waals surface area contributed by atoms with Gasteiger partial charge in [0.2, 0.25) is 0 Å². The molecule has 1 aliphatic rings. The smallest absolute Gasteiger partial charge is 0.0706 e. The van der Waals surface area contributed by atoms with Crippen molar-refractivity contribution in [2.75, 3.05) is 0 Å². The molecule has 0 amide bonds. The van der Waals surface area contributed by atoms with Gasteiger partial charge in [0.15, 0.2) is 0 Å². The Hall–Kier alpha value is -0.0400. The van der Waals surface area contributed by atoms with Crippen molar-refractivity contribution >= 4 is 0 Å². The molecule has 0 radical (unpaired) electrons. The van der Waals surface area contributed by atoms with E-state index in [4.69, 9.17) is 0 Å². The van der Waals surface area contributed by atoms with Crippen LogP contribution in [0.3, 0.4) is 0 Å². The summed E-state index contributed by atoms with van der Waals surface area (Å²) in [7, 11) is 0. The van der Waals surface area contributed by atoms with Crippen molar-refractivity contribution in [1.29, 1.82) is 0 Å². The molecule has 1 N–H and O–H groups in total. The van der Waals surface area contributed by atoms with Crippen molar-refractivity contribution in [2.24, 2.45) is 27.6 Å². The molecule has 0 spiro atoms. The average Bonchev–Trinajstić information content (AvgIpc) is 2.13. The molecule has 0 aromatic rings. The van der Waals surface area contributed by atoms with Crippen molar-refractivity contribution < 1.29 is 5.11 Å². The molecule has 102 valence electrons. The van der Waals surface area contributed by atoms with E-state index in [0.717, 1.165) is 0 Å². The first-order chi connectivity index (χ1) is 7.15. The number of rotatable bonds is 0. The third kappa shape index (κ3) is 1.35. The zero-order valence-electron chi connectivity index (χ0n) is 13.5. The lowest BCUT2D eigenvalue weighted by atomic mass is 9.35. The Bertz CT molecular complexity index is 288. The fourth-order valence-electron chi connectivity index (χ4n) is 4.00. The van der Waals surface area contributed by atoms with E-state index < -0.39 is 5.60 Å². The maximum absolute atomic E-state index is 11.1. The third-order valence-corrected chi connectivity index (χ3v) is 7.93. The molecule has 1 rings (SSSR count). The standard InChI is InChI=1S/C16H32O/c1-11-12(2,3)13(4,5)14(6,7)15(8,9)16(11,10)17/h11,17H,1-10H3. The summed E-state index contributed by atoms with van der Waals surface area (Å²) >= 11 is 0. The molecule has 0 heterocycles. The highest BCUT2D eigenvalue weighted by Gasteiger charge is 2.68. The fraction of sp³-hybridized carbons (Fsp3) is 1.00. The second-order valence-electron chi connectivity index (χ2n) is 8.47. The molecule has 1 aliphatic carbocycles. The number of aliphatic hydroxyl groups is 1. The summed E-state index contributed by atoms with van der Waals surface area (Å²) in [4.78, 5) is 0. The van der Waals surface area contributed by atoms with Gasteiger partial charge in [-0.3, -0.25) is 0 Å². The second kappa shape index (κ2) is 3.29. The normalized spacial score (nSPS) is 42.2. The van der Waals surface area contributed by atoms with Crippen molar-refractivity contribution in [2.45, 2.75) is 74.8 Å². The maximum atomic E-state index is 11.1. The van der Waals surface area contributed by atoms with Crippen LogP contribution in [0.25, 0.3) is 0 Å². The molecule has 2 atom stereocenters. The largest absolute Gasteiger partial charge is 0.389 e. The molecule has 0 aromatic heterocycles. The zero-order chi connectivity index (χ0) is 14.1. The van der Waals surface area contributed by atoms with Gasteiger partial charge in [0.05, 0.1) is 5.60 Å². The zero-order valence-corrected chi connectivity index (χ0v) is 13.5. The number of hydrogen-bond acceptors (Lipinski definition) is 1. The van der Waals surface area contributed by atoms with Crippen molar-refractivity contribution in [1.82, 2.24) is 0 Å². The lowest BCUT2D eigenvalue weighted by Gasteiger charge is -2.71. The molecule has 0 bridgehead atoms. The Labute approximate surface area is 108 Å². The lowest BCUT2D eigenvalue weighted by Crippen LogP contribution is -2.70. The van der Waals surface area contributed by atoms with E-state index in [1.165, 1.54) is 0 Å². The molecular weight excluding hydrogens is 208 g/mol. The highest BCUT2D eigenvalue weighted by molar-refractivity contribution is 5.17. The minimum atomic E-state index is -0.643. The van der Waals surface area contributed by atoms with E-state index >= 15 is 0 Å². The van der Waals surface area contributed by atoms with Crippen LogP contribution in [0, 0.1) is 27.6 Å². The van der Waals surface area contributed by atoms with E-state index in [-0.39, 0.29) is 27.6 Å². The van der Waals surface area contributed by atoms with Crippen LogP contribution in [0.1, 0.15) is 69.2 Å². The molecule has 0 saturated heterocycles. The summed E-state index contributed by atoms with van der Waals surface area (Å²) in [6, 6.07) is 0. The van der Waals surface area contributed by atoms with Gasteiger partial charge in [0.1, 0.15) is 0 Å². The SMILES string of the molecule is CC1C(C)(C)C(C)(C)C(C)(C)C(C)(C)C1(C)O. The van der Waals surface area contributed by atoms with Crippen LogP contribution in [0.5, 0.6) is 0 Å². The summed E-state index contributed by atoms with van der Waals surface area (Å²) in [5, 5.41) is 11.1. The first-order valence-corrected chi connectivity index (χ1v) is 6.88. The van der Waals surface area contributed by atoms with Gasteiger partial charge in [-0.15, -0.1) is 0 Å². The fourth-order valence-corrected chi connectivity index (χ4v) is 4.00. The molecule has 17 heavy (non-hydrogen) atoms. The molecule has 1 saturated carbocycles. The molecular formula is C16H32O. The van der Waals surface area contributed by atoms with E-state index in [2.05, 4.69) is 62.3 Å². The summed E-state index contributed by atoms with van der Waals surface area (Å²) in [6.07, 6.45) is 0. The third-order valence-electron chi connectivity index (χ3n) is 7.93. The lowest BCUT2D eigenvalue weighted by molar-refractivity contribution is -0.278. The molecule has 0 aliphatic heterocycles. The first-order valence-electron chi connectivity index (χ1n) is 6.88. The molecule has 2 unspecified atom stereocenters. The minimum Gasteiger partial charge on any atom is -0.389 e. The van der Waals surface area contributed by atoms with Gasteiger partial charge < -0.3 is 5.11 Å². The number of hydrogen-bond donors (Lipinski definition) is 1. The topological polar surface area (TPSA) is 20.2 Å². The average molecular weight is 240 g/mol. The molecule has 1 heteroatoms. The minimum absolute atomic E-state index is 0.0690. The van der Waals surface area contributed by atoms with E-state index in [0.29, 0.717) is 0 Å². The summed E-state index contributed by atoms with van der Waals surface area (Å²) < 4.78 is 0. The highest BCUT2D eigenvalue weighted by atomic mass is 16.3. The Balaban J connectivity index is 3.56. The molecule has 1 nitrogen and oxygen atoms in total. The predicted octanol–water partition coefficient (Wildman–Crippen LogP) is 4.49. The van der Waals surface area contributed by atoms with Gasteiger partial charge >= 0.3 is 0 Å². The molecule has 0 aromatic carbocycles. The Morgan fingerprint density at radius 3 is 1.35 bits per heavy atom. The predicted molar refractivity (Wildman–Crippen MR) is 74.9 cm³/mol. The van der Waals surface area contributed by atoms with Crippen molar-refractivity contribution in [3.63, 3.8) is 0 Å². The van der Waals surface area contributed by atoms with Gasteiger partial charge in [-0.2, -0.15) is 0 Å². The maximum Gasteiger partial charge on any atom is 0.0706 e. The Morgan fingerprint density at radius 1 is 0.647 bits per heavy atom. The second-order valence-corrected chi connectivity index (χ2v) is 8.47. The van der Waals surface area contributed by atoms with Crippen LogP contribution in [-0.2, 0) is 0 Å². The van der Waals surface area contributed by atoms with Crippen LogP contribution in [0.15, 0.2) is 0 Å². The summed E-state index contributed by atoms with van der Waals surface area (Å²) in [5.74, 6) is 0.271. The van der Waals surface area contributed by atoms with Gasteiger partial charge in [0, 0.05) is 0 Å². The Morgan fingerprint density at radius 2 is 1.00 bits per heavy atom. The van der Waals surface area contributed by atoms with Crippen LogP contribution in [0.4, 0.5) is 0 Å². The van der Waals surface area contributed by atoms with Crippen LogP contribution in [0.2, 0.25) is 0 Å². The van der Waals surface area contributed by atoms with Gasteiger partial charge in [-0.1, -0.05) is 62.3 Å². The van der Waals surface area contributed by atoms with Gasteiger partial charge in [-0.05, 0) is 34.5 Å². The summed E-state index contributed by atoms with van der Waals surface area (Å²) in [5.41, 5.74) is -0.409. The summed E-state index contributed by atoms with van der Waals surface area (Å²) in [6.45, 7) is 22.6. The van der Waals surface area contributed by atoms with Crippen molar-refractivity contribution in [3.05, 3.63) is 0 Å².